The van der Waals surface area contributed by atoms with Crippen molar-refractivity contribution in [1.29, 1.82) is 0 Å². The van der Waals surface area contributed by atoms with Crippen molar-refractivity contribution in [3.05, 3.63) is 64.7 Å². The molecule has 7 heteroatoms. The Balaban J connectivity index is 1.87. The van der Waals surface area contributed by atoms with E-state index in [9.17, 15) is 4.79 Å². The molecule has 29 heavy (non-hydrogen) atoms. The van der Waals surface area contributed by atoms with Crippen LogP contribution in [0, 0.1) is 6.92 Å². The molecular weight excluding hydrogens is 406 g/mol. The van der Waals surface area contributed by atoms with Crippen molar-refractivity contribution in [2.45, 2.75) is 37.2 Å². The molecule has 152 valence electrons. The molecule has 0 spiro atoms. The van der Waals surface area contributed by atoms with Gasteiger partial charge in [0.1, 0.15) is 0 Å². The summed E-state index contributed by atoms with van der Waals surface area (Å²) < 4.78 is 7.21. The van der Waals surface area contributed by atoms with E-state index < -0.39 is 0 Å². The molecule has 0 aliphatic rings. The first-order valence-electron chi connectivity index (χ1n) is 9.46. The fraction of sp³-hybridized carbons (Fsp3) is 0.318. The number of carbonyl (C=O) groups is 1. The summed E-state index contributed by atoms with van der Waals surface area (Å²) in [5.41, 5.74) is 2.65. The summed E-state index contributed by atoms with van der Waals surface area (Å²) >= 11 is 7.80. The van der Waals surface area contributed by atoms with Crippen molar-refractivity contribution in [3.63, 3.8) is 0 Å². The van der Waals surface area contributed by atoms with E-state index in [-0.39, 0.29) is 11.0 Å². The third-order valence-corrected chi connectivity index (χ3v) is 5.96. The third-order valence-electron chi connectivity index (χ3n) is 4.55. The Morgan fingerprint density at radius 2 is 1.90 bits per heavy atom. The molecule has 1 atom stereocenters. The van der Waals surface area contributed by atoms with Gasteiger partial charge in [-0.1, -0.05) is 65.3 Å². The van der Waals surface area contributed by atoms with Gasteiger partial charge in [-0.2, -0.15) is 0 Å². The molecule has 0 aliphatic carbocycles. The van der Waals surface area contributed by atoms with Crippen LogP contribution in [0.1, 0.15) is 29.3 Å². The Kier molecular flexibility index (Phi) is 7.47. The Labute approximate surface area is 180 Å². The Morgan fingerprint density at radius 1 is 1.17 bits per heavy atom. The minimum atomic E-state index is -0.290. The second-order valence-electron chi connectivity index (χ2n) is 6.77. The van der Waals surface area contributed by atoms with E-state index in [1.54, 1.807) is 7.11 Å². The highest BCUT2D eigenvalue weighted by atomic mass is 35.5. The maximum absolute atomic E-state index is 12.8. The summed E-state index contributed by atoms with van der Waals surface area (Å²) in [6.07, 6.45) is 0.805. The van der Waals surface area contributed by atoms with Gasteiger partial charge in [0.05, 0.1) is 10.3 Å². The smallest absolute Gasteiger partial charge is 0.192 e. The molecule has 3 rings (SSSR count). The number of hydrogen-bond acceptors (Lipinski definition) is 5. The number of aromatic nitrogens is 3. The van der Waals surface area contributed by atoms with E-state index in [1.165, 1.54) is 11.8 Å². The molecule has 0 aliphatic heterocycles. The van der Waals surface area contributed by atoms with Gasteiger partial charge in [-0.3, -0.25) is 4.79 Å². The summed E-state index contributed by atoms with van der Waals surface area (Å²) in [4.78, 5) is 12.8. The Hall–Kier alpha value is -2.15. The molecule has 0 saturated heterocycles. The van der Waals surface area contributed by atoms with Crippen LogP contribution < -0.4 is 0 Å². The maximum Gasteiger partial charge on any atom is 0.192 e. The number of rotatable bonds is 9. The minimum Gasteiger partial charge on any atom is -0.385 e. The lowest BCUT2D eigenvalue weighted by atomic mass is 10.1. The molecule has 0 saturated carbocycles. The van der Waals surface area contributed by atoms with Crippen LogP contribution in [0.3, 0.4) is 0 Å². The molecule has 0 radical (unpaired) electrons. The third kappa shape index (κ3) is 5.26. The van der Waals surface area contributed by atoms with E-state index in [1.807, 2.05) is 66.9 Å². The number of ether oxygens (including phenoxy) is 1. The lowest BCUT2D eigenvalue weighted by molar-refractivity contribution is 0.0994. The fourth-order valence-corrected chi connectivity index (χ4v) is 4.12. The van der Waals surface area contributed by atoms with Crippen molar-refractivity contribution in [2.75, 3.05) is 13.7 Å². The van der Waals surface area contributed by atoms with Crippen LogP contribution in [0.5, 0.6) is 0 Å². The average Bonchev–Trinajstić information content (AvgIpc) is 3.11. The van der Waals surface area contributed by atoms with E-state index in [4.69, 9.17) is 16.3 Å². The average molecular weight is 430 g/mol. The van der Waals surface area contributed by atoms with Crippen LogP contribution in [0.2, 0.25) is 5.02 Å². The number of hydrogen-bond donors (Lipinski definition) is 0. The Bertz CT molecular complexity index is 972. The molecular formula is C22H24ClN3O2S. The molecule has 0 amide bonds. The van der Waals surface area contributed by atoms with Crippen LogP contribution >= 0.6 is 23.4 Å². The highest BCUT2D eigenvalue weighted by molar-refractivity contribution is 8.00. The van der Waals surface area contributed by atoms with Gasteiger partial charge < -0.3 is 9.30 Å². The van der Waals surface area contributed by atoms with Crippen LogP contribution in [0.25, 0.3) is 11.4 Å². The maximum atomic E-state index is 12.8. The van der Waals surface area contributed by atoms with E-state index in [2.05, 4.69) is 10.2 Å². The standard InChI is InChI=1S/C22H24ClN3O2S/c1-15-9-11-17(12-10-15)20(27)16(2)29-22-25-24-21(26(22)13-6-14-28-3)18-7-4-5-8-19(18)23/h4-5,7-12,16H,6,13-14H2,1-3H3. The van der Waals surface area contributed by atoms with Crippen LogP contribution in [0.4, 0.5) is 0 Å². The predicted octanol–water partition coefficient (Wildman–Crippen LogP) is 5.31. The highest BCUT2D eigenvalue weighted by Crippen LogP contribution is 2.31. The number of nitrogens with zero attached hydrogens (tertiary/aromatic N) is 3. The van der Waals surface area contributed by atoms with Gasteiger partial charge in [-0.05, 0) is 32.4 Å². The number of carbonyl (C=O) groups excluding carboxylic acids is 1. The molecule has 5 nitrogen and oxygen atoms in total. The number of Topliss-reactive ketones (excluding diaryl/α,β-unsaturated/α-hetero) is 1. The topological polar surface area (TPSA) is 57.0 Å². The van der Waals surface area contributed by atoms with E-state index in [0.29, 0.717) is 34.7 Å². The van der Waals surface area contributed by atoms with E-state index in [0.717, 1.165) is 17.5 Å². The first kappa shape index (κ1) is 21.6. The predicted molar refractivity (Wildman–Crippen MR) is 118 cm³/mol. The SMILES string of the molecule is COCCCn1c(SC(C)C(=O)c2ccc(C)cc2)nnc1-c1ccccc1Cl. The summed E-state index contributed by atoms with van der Waals surface area (Å²) in [5, 5.41) is 9.77. The van der Waals surface area contributed by atoms with Crippen molar-refractivity contribution in [3.8, 4) is 11.4 Å². The lowest BCUT2D eigenvalue weighted by Gasteiger charge is -2.13. The number of halogens is 1. The number of methoxy groups -OCH3 is 1. The van der Waals surface area contributed by atoms with E-state index >= 15 is 0 Å². The van der Waals surface area contributed by atoms with Crippen LogP contribution in [-0.4, -0.2) is 39.5 Å². The van der Waals surface area contributed by atoms with Gasteiger partial charge in [0, 0.05) is 31.4 Å². The summed E-state index contributed by atoms with van der Waals surface area (Å²) in [6, 6.07) is 15.2. The van der Waals surface area contributed by atoms with Crippen molar-refractivity contribution in [2.24, 2.45) is 0 Å². The number of thioether (sulfide) groups is 1. The highest BCUT2D eigenvalue weighted by Gasteiger charge is 2.22. The number of benzene rings is 2. The molecule has 0 fully saturated rings. The van der Waals surface area contributed by atoms with Gasteiger partial charge in [0.25, 0.3) is 0 Å². The first-order valence-corrected chi connectivity index (χ1v) is 10.7. The zero-order valence-electron chi connectivity index (χ0n) is 16.8. The quantitative estimate of drug-likeness (QED) is 0.262. The normalized spacial score (nSPS) is 12.1. The minimum absolute atomic E-state index is 0.0701. The molecule has 1 aromatic heterocycles. The Morgan fingerprint density at radius 3 is 2.59 bits per heavy atom. The number of aryl methyl sites for hydroxylation is 1. The fourth-order valence-electron chi connectivity index (χ4n) is 2.95. The summed E-state index contributed by atoms with van der Waals surface area (Å²) in [5.74, 6) is 0.768. The van der Waals surface area contributed by atoms with Crippen molar-refractivity contribution < 1.29 is 9.53 Å². The van der Waals surface area contributed by atoms with Gasteiger partial charge in [-0.15, -0.1) is 10.2 Å². The molecule has 0 bridgehead atoms. The largest absolute Gasteiger partial charge is 0.385 e. The van der Waals surface area contributed by atoms with Crippen molar-refractivity contribution in [1.82, 2.24) is 14.8 Å². The molecule has 0 N–H and O–H groups in total. The van der Waals surface area contributed by atoms with Crippen LogP contribution in [0.15, 0.2) is 53.7 Å². The molecule has 1 heterocycles. The molecule has 3 aromatic rings. The lowest BCUT2D eigenvalue weighted by Crippen LogP contribution is -2.15. The van der Waals surface area contributed by atoms with Gasteiger partial charge in [0.2, 0.25) is 0 Å². The van der Waals surface area contributed by atoms with Gasteiger partial charge in [-0.25, -0.2) is 0 Å². The first-order chi connectivity index (χ1) is 14.0. The summed E-state index contributed by atoms with van der Waals surface area (Å²) in [7, 11) is 1.68. The number of ketones is 1. The second-order valence-corrected chi connectivity index (χ2v) is 8.49. The molecule has 1 unspecified atom stereocenters. The molecule has 2 aromatic carbocycles. The zero-order chi connectivity index (χ0) is 20.8. The van der Waals surface area contributed by atoms with Gasteiger partial charge in [0.15, 0.2) is 16.8 Å². The monoisotopic (exact) mass is 429 g/mol. The van der Waals surface area contributed by atoms with Gasteiger partial charge >= 0.3 is 0 Å². The second kappa shape index (κ2) is 10.1. The zero-order valence-corrected chi connectivity index (χ0v) is 18.3. The van der Waals surface area contributed by atoms with Crippen molar-refractivity contribution >= 4 is 29.1 Å². The summed E-state index contributed by atoms with van der Waals surface area (Å²) in [6.45, 7) is 5.21. The van der Waals surface area contributed by atoms with Crippen LogP contribution in [-0.2, 0) is 11.3 Å².